The van der Waals surface area contributed by atoms with E-state index in [1.807, 2.05) is 39.8 Å². The maximum Gasteiger partial charge on any atom is 0.137 e. The number of ether oxygens (including phenoxy) is 1. The van der Waals surface area contributed by atoms with Crippen LogP contribution in [-0.2, 0) is 11.4 Å². The number of nitrogens with one attached hydrogen (secondary N) is 1. The van der Waals surface area contributed by atoms with E-state index in [0.29, 0.717) is 5.41 Å². The number of nitrogens with zero attached hydrogens (tertiary/aromatic N) is 1. The molecule has 2 atom stereocenters. The molecule has 4 nitrogen and oxygen atoms in total. The first-order valence-electron chi connectivity index (χ1n) is 8.46. The molecule has 1 heterocycles. The van der Waals surface area contributed by atoms with Crippen molar-refractivity contribution < 1.29 is 9.29 Å². The lowest BCUT2D eigenvalue weighted by atomic mass is 9.90. The Morgan fingerprint density at radius 3 is 2.52 bits per heavy atom. The van der Waals surface area contributed by atoms with Crippen LogP contribution in [0.3, 0.4) is 0 Å². The van der Waals surface area contributed by atoms with Crippen molar-refractivity contribution in [3.05, 3.63) is 24.0 Å². The van der Waals surface area contributed by atoms with Gasteiger partial charge < -0.3 is 9.29 Å². The third kappa shape index (κ3) is 5.37. The Hall–Kier alpha value is -0.780. The fourth-order valence-corrected chi connectivity index (χ4v) is 3.56. The van der Waals surface area contributed by atoms with Crippen molar-refractivity contribution in [2.45, 2.75) is 71.1 Å². The van der Waals surface area contributed by atoms with Crippen molar-refractivity contribution in [3.63, 3.8) is 0 Å². The highest BCUT2D eigenvalue weighted by atomic mass is 32.2. The molecule has 1 aromatic heterocycles. The highest BCUT2D eigenvalue weighted by Crippen LogP contribution is 2.37. The van der Waals surface area contributed by atoms with Crippen molar-refractivity contribution in [2.75, 3.05) is 6.61 Å². The van der Waals surface area contributed by atoms with Gasteiger partial charge in [0.1, 0.15) is 10.5 Å². The Labute approximate surface area is 143 Å². The Balaban J connectivity index is 1.88. The summed E-state index contributed by atoms with van der Waals surface area (Å²) in [6.45, 7) is 10.9. The first kappa shape index (κ1) is 18.6. The van der Waals surface area contributed by atoms with Gasteiger partial charge in [-0.05, 0) is 52.7 Å². The normalized spacial score (nSPS) is 20.3. The zero-order chi connectivity index (χ0) is 17.1. The van der Waals surface area contributed by atoms with Gasteiger partial charge in [-0.25, -0.2) is 0 Å². The third-order valence-corrected chi connectivity index (χ3v) is 6.12. The van der Waals surface area contributed by atoms with Crippen LogP contribution in [0, 0.1) is 5.41 Å². The lowest BCUT2D eigenvalue weighted by Gasteiger charge is -2.26. The minimum absolute atomic E-state index is 0.0588. The maximum atomic E-state index is 12.1. The molecule has 1 N–H and O–H groups in total. The number of pyridine rings is 1. The predicted molar refractivity (Wildman–Crippen MR) is 95.8 cm³/mol. The standard InChI is InChI=1S/C18H30N2O2S/c1-14(20-23(21)17(2,3)4)16-9-8-15(12-19-16)22-13-18(5)10-6-7-11-18/h8-9,12,14,20H,6-7,10-11,13H2,1-5H3/t14-,23?/m0/s1. The maximum absolute atomic E-state index is 12.1. The van der Waals surface area contributed by atoms with E-state index in [0.717, 1.165) is 18.1 Å². The molecule has 1 saturated carbocycles. The van der Waals surface area contributed by atoms with Gasteiger partial charge in [0.2, 0.25) is 0 Å². The van der Waals surface area contributed by atoms with Crippen LogP contribution in [0.15, 0.2) is 18.3 Å². The van der Waals surface area contributed by atoms with Gasteiger partial charge in [-0.1, -0.05) is 19.8 Å². The summed E-state index contributed by atoms with van der Waals surface area (Å²) in [6, 6.07) is 3.85. The van der Waals surface area contributed by atoms with Gasteiger partial charge in [0.05, 0.1) is 24.5 Å². The largest absolute Gasteiger partial charge is 0.598 e. The molecule has 23 heavy (non-hydrogen) atoms. The van der Waals surface area contributed by atoms with Gasteiger partial charge in [0.15, 0.2) is 0 Å². The lowest BCUT2D eigenvalue weighted by molar-refractivity contribution is 0.167. The predicted octanol–water partition coefficient (Wildman–Crippen LogP) is 4.15. The smallest absolute Gasteiger partial charge is 0.137 e. The van der Waals surface area contributed by atoms with Crippen molar-refractivity contribution in [2.24, 2.45) is 5.41 Å². The van der Waals surface area contributed by atoms with Gasteiger partial charge >= 0.3 is 0 Å². The number of hydrogen-bond acceptors (Lipinski definition) is 4. The summed E-state index contributed by atoms with van der Waals surface area (Å²) < 4.78 is 20.9. The van der Waals surface area contributed by atoms with Crippen molar-refractivity contribution >= 4 is 11.4 Å². The molecule has 2 rings (SSSR count). The molecule has 1 fully saturated rings. The molecule has 0 spiro atoms. The molecule has 0 amide bonds. The third-order valence-electron chi connectivity index (χ3n) is 4.44. The van der Waals surface area contributed by atoms with Gasteiger partial charge in [-0.2, -0.15) is 0 Å². The van der Waals surface area contributed by atoms with E-state index in [4.69, 9.17) is 4.74 Å². The first-order valence-corrected chi connectivity index (χ1v) is 9.61. The molecule has 5 heteroatoms. The topological polar surface area (TPSA) is 57.2 Å². The van der Waals surface area contributed by atoms with Crippen molar-refractivity contribution in [1.82, 2.24) is 9.71 Å². The summed E-state index contributed by atoms with van der Waals surface area (Å²) in [7, 11) is 0. The van der Waals surface area contributed by atoms with Crippen LogP contribution in [0.4, 0.5) is 0 Å². The highest BCUT2D eigenvalue weighted by molar-refractivity contribution is 7.90. The van der Waals surface area contributed by atoms with Gasteiger partial charge in [-0.3, -0.25) is 4.98 Å². The summed E-state index contributed by atoms with van der Waals surface area (Å²) in [6.07, 6.45) is 6.89. The van der Waals surface area contributed by atoms with Crippen LogP contribution in [0.5, 0.6) is 5.75 Å². The van der Waals surface area contributed by atoms with E-state index < -0.39 is 11.4 Å². The van der Waals surface area contributed by atoms with Crippen molar-refractivity contribution in [3.8, 4) is 5.75 Å². The molecular formula is C18H30N2O2S. The van der Waals surface area contributed by atoms with Crippen LogP contribution in [-0.4, -0.2) is 20.9 Å². The van der Waals surface area contributed by atoms with Gasteiger partial charge in [0.25, 0.3) is 0 Å². The number of hydrogen-bond donors (Lipinski definition) is 1. The second-order valence-electron chi connectivity index (χ2n) is 7.95. The summed E-state index contributed by atoms with van der Waals surface area (Å²) in [5.74, 6) is 0.811. The van der Waals surface area contributed by atoms with E-state index in [1.54, 1.807) is 6.20 Å². The minimum Gasteiger partial charge on any atom is -0.598 e. The number of aromatic nitrogens is 1. The van der Waals surface area contributed by atoms with Gasteiger partial charge in [-0.15, -0.1) is 4.72 Å². The minimum atomic E-state index is -1.11. The second-order valence-corrected chi connectivity index (χ2v) is 9.94. The molecular weight excluding hydrogens is 308 g/mol. The van der Waals surface area contributed by atoms with Gasteiger partial charge in [0, 0.05) is 16.8 Å². The SMILES string of the molecule is C[C@H](N[S+]([O-])C(C)(C)C)c1ccc(OCC2(C)CCCC2)cn1. The average molecular weight is 339 g/mol. The van der Waals surface area contributed by atoms with E-state index in [1.165, 1.54) is 25.7 Å². The Kier molecular flexibility index (Phi) is 5.98. The Morgan fingerprint density at radius 2 is 2.00 bits per heavy atom. The molecule has 1 unspecified atom stereocenters. The number of rotatable bonds is 6. The Bertz CT molecular complexity index is 493. The average Bonchev–Trinajstić information content (AvgIpc) is 2.92. The molecule has 1 aromatic rings. The molecule has 0 bridgehead atoms. The van der Waals surface area contributed by atoms with Crippen LogP contribution in [0.2, 0.25) is 0 Å². The Morgan fingerprint density at radius 1 is 1.35 bits per heavy atom. The molecule has 0 aromatic carbocycles. The highest BCUT2D eigenvalue weighted by Gasteiger charge is 2.30. The van der Waals surface area contributed by atoms with Crippen LogP contribution in [0.25, 0.3) is 0 Å². The van der Waals surface area contributed by atoms with Crippen LogP contribution >= 0.6 is 0 Å². The fraction of sp³-hybridized carbons (Fsp3) is 0.722. The second kappa shape index (κ2) is 7.41. The molecule has 1 aliphatic rings. The fourth-order valence-electron chi connectivity index (χ4n) is 2.76. The lowest BCUT2D eigenvalue weighted by Crippen LogP contribution is -2.40. The van der Waals surface area contributed by atoms with E-state index in [2.05, 4.69) is 16.6 Å². The zero-order valence-electron chi connectivity index (χ0n) is 15.0. The molecule has 0 saturated heterocycles. The molecule has 0 radical (unpaired) electrons. The van der Waals surface area contributed by atoms with E-state index in [9.17, 15) is 4.55 Å². The quantitative estimate of drug-likeness (QED) is 0.792. The monoisotopic (exact) mass is 338 g/mol. The molecule has 130 valence electrons. The van der Waals surface area contributed by atoms with E-state index in [-0.39, 0.29) is 10.8 Å². The summed E-state index contributed by atoms with van der Waals surface area (Å²) in [5, 5.41) is 0. The molecule has 1 aliphatic carbocycles. The van der Waals surface area contributed by atoms with Crippen LogP contribution < -0.4 is 9.46 Å². The summed E-state index contributed by atoms with van der Waals surface area (Å²) >= 11 is -1.11. The summed E-state index contributed by atoms with van der Waals surface area (Å²) in [4.78, 5) is 4.46. The molecule has 0 aliphatic heterocycles. The summed E-state index contributed by atoms with van der Waals surface area (Å²) in [5.41, 5.74) is 1.19. The zero-order valence-corrected chi connectivity index (χ0v) is 15.8. The first-order chi connectivity index (χ1) is 10.7. The van der Waals surface area contributed by atoms with E-state index >= 15 is 0 Å². The van der Waals surface area contributed by atoms with Crippen molar-refractivity contribution in [1.29, 1.82) is 0 Å². The van der Waals surface area contributed by atoms with Crippen LogP contribution in [0.1, 0.15) is 72.0 Å².